The molecular weight excluding hydrogens is 363 g/mol. The third-order valence-electron chi connectivity index (χ3n) is 4.68. The summed E-state index contributed by atoms with van der Waals surface area (Å²) < 4.78 is 14.1. The van der Waals surface area contributed by atoms with Crippen LogP contribution in [-0.4, -0.2) is 16.0 Å². The number of halogens is 2. The Morgan fingerprint density at radius 3 is 2.52 bits per heavy atom. The highest BCUT2D eigenvalue weighted by Gasteiger charge is 2.17. The molecule has 0 amide bonds. The van der Waals surface area contributed by atoms with E-state index in [1.54, 1.807) is 6.07 Å². The molecule has 1 saturated carbocycles. The largest absolute Gasteiger partial charge is 0.351 e. The second-order valence-electron chi connectivity index (χ2n) is 6.70. The fraction of sp³-hybridized carbons (Fsp3) is 0.238. The zero-order chi connectivity index (χ0) is 18.6. The lowest BCUT2D eigenvalue weighted by Crippen LogP contribution is -2.17. The molecule has 6 heteroatoms. The van der Waals surface area contributed by atoms with Gasteiger partial charge in [0, 0.05) is 22.7 Å². The van der Waals surface area contributed by atoms with E-state index in [-0.39, 0.29) is 11.5 Å². The third kappa shape index (κ3) is 4.37. The quantitative estimate of drug-likeness (QED) is 0.565. The first-order chi connectivity index (χ1) is 13.2. The standard InChI is InChI=1S/C21H20ClFN4/c22-15-10-11-17(23)19(12-15)25-20-13-18(14-6-2-1-3-7-14)26-21(27-20)24-16-8-4-5-9-16/h1-3,6-7,10-13,16H,4-5,8-9H2,(H2,24,25,26,27). The van der Waals surface area contributed by atoms with Crippen molar-refractivity contribution < 1.29 is 4.39 Å². The van der Waals surface area contributed by atoms with Crippen molar-refractivity contribution >= 4 is 29.1 Å². The van der Waals surface area contributed by atoms with Crippen molar-refractivity contribution in [3.63, 3.8) is 0 Å². The van der Waals surface area contributed by atoms with Crippen LogP contribution in [0.3, 0.4) is 0 Å². The summed E-state index contributed by atoms with van der Waals surface area (Å²) in [4.78, 5) is 9.21. The first kappa shape index (κ1) is 17.7. The van der Waals surface area contributed by atoms with Gasteiger partial charge in [-0.05, 0) is 31.0 Å². The van der Waals surface area contributed by atoms with Crippen LogP contribution in [0.25, 0.3) is 11.3 Å². The fourth-order valence-corrected chi connectivity index (χ4v) is 3.49. The summed E-state index contributed by atoms with van der Waals surface area (Å²) in [5, 5.41) is 6.92. The minimum Gasteiger partial charge on any atom is -0.351 e. The molecule has 3 aromatic rings. The van der Waals surface area contributed by atoms with E-state index in [1.165, 1.54) is 25.0 Å². The molecule has 1 aliphatic carbocycles. The Morgan fingerprint density at radius 1 is 0.963 bits per heavy atom. The lowest BCUT2D eigenvalue weighted by Gasteiger charge is -2.15. The van der Waals surface area contributed by atoms with Crippen LogP contribution in [-0.2, 0) is 0 Å². The first-order valence-corrected chi connectivity index (χ1v) is 9.48. The SMILES string of the molecule is Fc1ccc(Cl)cc1Nc1cc(-c2ccccc2)nc(NC2CCCC2)n1. The fourth-order valence-electron chi connectivity index (χ4n) is 3.32. The Morgan fingerprint density at radius 2 is 1.74 bits per heavy atom. The number of aromatic nitrogens is 2. The number of anilines is 3. The molecule has 1 aromatic heterocycles. The number of hydrogen-bond donors (Lipinski definition) is 2. The van der Waals surface area contributed by atoms with Crippen LogP contribution in [0.5, 0.6) is 0 Å². The Bertz CT molecular complexity index is 927. The van der Waals surface area contributed by atoms with Gasteiger partial charge in [0.15, 0.2) is 0 Å². The van der Waals surface area contributed by atoms with Crippen molar-refractivity contribution in [3.8, 4) is 11.3 Å². The molecule has 0 spiro atoms. The molecule has 138 valence electrons. The minimum absolute atomic E-state index is 0.284. The number of hydrogen-bond acceptors (Lipinski definition) is 4. The zero-order valence-corrected chi connectivity index (χ0v) is 15.5. The van der Waals surface area contributed by atoms with E-state index in [0.717, 1.165) is 24.1 Å². The number of nitrogens with one attached hydrogen (secondary N) is 2. The molecule has 1 aliphatic rings. The summed E-state index contributed by atoms with van der Waals surface area (Å²) in [5.74, 6) is 0.684. The molecule has 2 N–H and O–H groups in total. The molecular formula is C21H20ClFN4. The molecule has 27 heavy (non-hydrogen) atoms. The molecule has 4 rings (SSSR count). The van der Waals surface area contributed by atoms with E-state index in [4.69, 9.17) is 11.6 Å². The molecule has 2 aromatic carbocycles. The maximum absolute atomic E-state index is 14.1. The third-order valence-corrected chi connectivity index (χ3v) is 4.91. The second kappa shape index (κ2) is 7.92. The Labute approximate surface area is 162 Å². The highest BCUT2D eigenvalue weighted by atomic mass is 35.5. The average Bonchev–Trinajstić information content (AvgIpc) is 3.18. The molecule has 4 nitrogen and oxygen atoms in total. The Balaban J connectivity index is 1.69. The van der Waals surface area contributed by atoms with Gasteiger partial charge < -0.3 is 10.6 Å². The Hall–Kier alpha value is -2.66. The molecule has 0 aliphatic heterocycles. The van der Waals surface area contributed by atoms with Crippen molar-refractivity contribution in [2.24, 2.45) is 0 Å². The minimum atomic E-state index is -0.385. The maximum Gasteiger partial charge on any atom is 0.225 e. The molecule has 1 heterocycles. The van der Waals surface area contributed by atoms with E-state index < -0.39 is 0 Å². The van der Waals surface area contributed by atoms with Crippen molar-refractivity contribution in [2.75, 3.05) is 10.6 Å². The molecule has 1 fully saturated rings. The van der Waals surface area contributed by atoms with Gasteiger partial charge in [0.1, 0.15) is 11.6 Å². The first-order valence-electron chi connectivity index (χ1n) is 9.10. The van der Waals surface area contributed by atoms with Crippen molar-refractivity contribution in [1.29, 1.82) is 0 Å². The van der Waals surface area contributed by atoms with Gasteiger partial charge in [-0.2, -0.15) is 4.98 Å². The van der Waals surface area contributed by atoms with Gasteiger partial charge in [-0.25, -0.2) is 9.37 Å². The van der Waals surface area contributed by atoms with E-state index in [0.29, 0.717) is 22.8 Å². The maximum atomic E-state index is 14.1. The van der Waals surface area contributed by atoms with Crippen LogP contribution in [0.1, 0.15) is 25.7 Å². The van der Waals surface area contributed by atoms with E-state index >= 15 is 0 Å². The van der Waals surface area contributed by atoms with E-state index in [9.17, 15) is 4.39 Å². The summed E-state index contributed by atoms with van der Waals surface area (Å²) in [6.07, 6.45) is 4.67. The predicted octanol–water partition coefficient (Wildman–Crippen LogP) is 6.03. The highest BCUT2D eigenvalue weighted by molar-refractivity contribution is 6.30. The topological polar surface area (TPSA) is 49.8 Å². The number of nitrogens with zero attached hydrogens (tertiary/aromatic N) is 2. The average molecular weight is 383 g/mol. The molecule has 0 bridgehead atoms. The number of rotatable bonds is 5. The van der Waals surface area contributed by atoms with Crippen LogP contribution in [0.15, 0.2) is 54.6 Å². The van der Waals surface area contributed by atoms with Crippen LogP contribution in [0.4, 0.5) is 21.8 Å². The van der Waals surface area contributed by atoms with Gasteiger partial charge >= 0.3 is 0 Å². The van der Waals surface area contributed by atoms with E-state index in [1.807, 2.05) is 36.4 Å². The van der Waals surface area contributed by atoms with Crippen molar-refractivity contribution in [3.05, 3.63) is 65.4 Å². The van der Waals surface area contributed by atoms with Crippen molar-refractivity contribution in [1.82, 2.24) is 9.97 Å². The lowest BCUT2D eigenvalue weighted by molar-refractivity contribution is 0.632. The monoisotopic (exact) mass is 382 g/mol. The number of benzene rings is 2. The predicted molar refractivity (Wildman–Crippen MR) is 108 cm³/mol. The second-order valence-corrected chi connectivity index (χ2v) is 7.14. The normalized spacial score (nSPS) is 14.3. The smallest absolute Gasteiger partial charge is 0.225 e. The van der Waals surface area contributed by atoms with Crippen LogP contribution in [0.2, 0.25) is 5.02 Å². The van der Waals surface area contributed by atoms with Crippen LogP contribution >= 0.6 is 11.6 Å². The summed E-state index contributed by atoms with van der Waals surface area (Å²) in [6, 6.07) is 16.5. The summed E-state index contributed by atoms with van der Waals surface area (Å²) >= 11 is 6.00. The zero-order valence-electron chi connectivity index (χ0n) is 14.8. The van der Waals surface area contributed by atoms with E-state index in [2.05, 4.69) is 20.6 Å². The lowest BCUT2D eigenvalue weighted by atomic mass is 10.1. The van der Waals surface area contributed by atoms with Gasteiger partial charge in [-0.15, -0.1) is 0 Å². The van der Waals surface area contributed by atoms with Crippen LogP contribution in [0, 0.1) is 5.82 Å². The Kier molecular flexibility index (Phi) is 5.21. The summed E-state index contributed by atoms with van der Waals surface area (Å²) in [7, 11) is 0. The molecule has 0 atom stereocenters. The van der Waals surface area contributed by atoms with Crippen molar-refractivity contribution in [2.45, 2.75) is 31.7 Å². The van der Waals surface area contributed by atoms with Gasteiger partial charge in [0.25, 0.3) is 0 Å². The van der Waals surface area contributed by atoms with Gasteiger partial charge in [0.2, 0.25) is 5.95 Å². The van der Waals surface area contributed by atoms with Crippen LogP contribution < -0.4 is 10.6 Å². The summed E-state index contributed by atoms with van der Waals surface area (Å²) in [6.45, 7) is 0. The van der Waals surface area contributed by atoms with Gasteiger partial charge in [-0.3, -0.25) is 0 Å². The summed E-state index contributed by atoms with van der Waals surface area (Å²) in [5.41, 5.74) is 2.03. The molecule has 0 radical (unpaired) electrons. The van der Waals surface area contributed by atoms with Gasteiger partial charge in [0.05, 0.1) is 11.4 Å². The highest BCUT2D eigenvalue weighted by Crippen LogP contribution is 2.28. The van der Waals surface area contributed by atoms with Gasteiger partial charge in [-0.1, -0.05) is 54.8 Å². The molecule has 0 unspecified atom stereocenters. The molecule has 0 saturated heterocycles.